The number of esters is 1. The second-order valence-corrected chi connectivity index (χ2v) is 8.65. The van der Waals surface area contributed by atoms with E-state index in [0.717, 1.165) is 23.1 Å². The molecule has 1 aliphatic heterocycles. The largest absolute Gasteiger partial charge is 0.493 e. The zero-order valence-electron chi connectivity index (χ0n) is 19.9. The molecule has 14 heteroatoms. The number of hydrogen-bond acceptors (Lipinski definition) is 11. The standard InChI is InChI=1S/C23H21N3O10S/c1-4-13(2)35-21(27)12-24-22(28)20(37-23(24)29)10-14-5-7-18(19(9-14)34-3)36-17-8-6-15(25(30)31)11-16(17)26(32)33/h5-11,13H,4,12H2,1-3H3/b20-10+/t13-/m0/s1. The lowest BCUT2D eigenvalue weighted by atomic mass is 10.1. The molecule has 2 amide bonds. The van der Waals surface area contributed by atoms with Crippen molar-refractivity contribution in [3.05, 3.63) is 67.1 Å². The van der Waals surface area contributed by atoms with E-state index in [9.17, 15) is 34.6 Å². The number of methoxy groups -OCH3 is 1. The minimum Gasteiger partial charge on any atom is -0.493 e. The molecule has 0 aliphatic carbocycles. The van der Waals surface area contributed by atoms with Gasteiger partial charge >= 0.3 is 11.7 Å². The predicted molar refractivity (Wildman–Crippen MR) is 131 cm³/mol. The Bertz CT molecular complexity index is 1310. The fraction of sp³-hybridized carbons (Fsp3) is 0.261. The van der Waals surface area contributed by atoms with Crippen molar-refractivity contribution in [1.82, 2.24) is 4.90 Å². The Balaban J connectivity index is 1.82. The Hall–Kier alpha value is -4.46. The van der Waals surface area contributed by atoms with Crippen molar-refractivity contribution in [2.75, 3.05) is 13.7 Å². The number of carbonyl (C=O) groups is 3. The van der Waals surface area contributed by atoms with Gasteiger partial charge in [0.1, 0.15) is 6.54 Å². The molecule has 2 aromatic carbocycles. The van der Waals surface area contributed by atoms with Crippen molar-refractivity contribution < 1.29 is 38.4 Å². The van der Waals surface area contributed by atoms with Gasteiger partial charge in [0.2, 0.25) is 5.75 Å². The van der Waals surface area contributed by atoms with E-state index in [-0.39, 0.29) is 28.3 Å². The minimum atomic E-state index is -0.808. The summed E-state index contributed by atoms with van der Waals surface area (Å²) in [6.07, 6.45) is 1.67. The maximum atomic E-state index is 12.7. The van der Waals surface area contributed by atoms with Gasteiger partial charge < -0.3 is 14.2 Å². The second-order valence-electron chi connectivity index (χ2n) is 7.66. The van der Waals surface area contributed by atoms with Crippen LogP contribution in [0.3, 0.4) is 0 Å². The lowest BCUT2D eigenvalue weighted by Gasteiger charge is -2.14. The van der Waals surface area contributed by atoms with Gasteiger partial charge in [-0.2, -0.15) is 0 Å². The number of nitro benzene ring substituents is 2. The smallest absolute Gasteiger partial charge is 0.326 e. The molecule has 1 saturated heterocycles. The third-order valence-corrected chi connectivity index (χ3v) is 6.03. The van der Waals surface area contributed by atoms with E-state index in [0.29, 0.717) is 23.7 Å². The predicted octanol–water partition coefficient (Wildman–Crippen LogP) is 4.68. The summed E-state index contributed by atoms with van der Waals surface area (Å²) in [7, 11) is 1.33. The van der Waals surface area contributed by atoms with E-state index in [1.165, 1.54) is 31.4 Å². The molecule has 0 unspecified atom stereocenters. The molecule has 1 heterocycles. The van der Waals surface area contributed by atoms with E-state index in [4.69, 9.17) is 14.2 Å². The molecule has 2 aromatic rings. The number of hydrogen-bond donors (Lipinski definition) is 0. The first kappa shape index (κ1) is 27.1. The van der Waals surface area contributed by atoms with Crippen molar-refractivity contribution in [1.29, 1.82) is 0 Å². The van der Waals surface area contributed by atoms with Gasteiger partial charge in [0.05, 0.1) is 34.0 Å². The Kier molecular flexibility index (Phi) is 8.45. The molecule has 0 saturated carbocycles. The average molecular weight is 531 g/mol. The molecule has 194 valence electrons. The molecule has 1 atom stereocenters. The molecule has 1 fully saturated rings. The van der Waals surface area contributed by atoms with E-state index in [1.54, 1.807) is 6.92 Å². The first-order valence-electron chi connectivity index (χ1n) is 10.8. The maximum Gasteiger partial charge on any atom is 0.326 e. The molecular formula is C23H21N3O10S. The summed E-state index contributed by atoms with van der Waals surface area (Å²) in [4.78, 5) is 58.6. The van der Waals surface area contributed by atoms with Gasteiger partial charge in [-0.3, -0.25) is 39.5 Å². The van der Waals surface area contributed by atoms with E-state index in [2.05, 4.69) is 0 Å². The van der Waals surface area contributed by atoms with E-state index in [1.807, 2.05) is 6.92 Å². The van der Waals surface area contributed by atoms with Crippen LogP contribution in [0.2, 0.25) is 0 Å². The van der Waals surface area contributed by atoms with Crippen LogP contribution in [-0.2, 0) is 14.3 Å². The fourth-order valence-electron chi connectivity index (χ4n) is 3.09. The van der Waals surface area contributed by atoms with Crippen molar-refractivity contribution in [3.63, 3.8) is 0 Å². The molecule has 0 radical (unpaired) electrons. The Labute approximate surface area is 214 Å². The summed E-state index contributed by atoms with van der Waals surface area (Å²) in [5, 5.41) is 21.7. The molecule has 0 spiro atoms. The van der Waals surface area contributed by atoms with Crippen LogP contribution < -0.4 is 9.47 Å². The number of nitrogens with zero attached hydrogens (tertiary/aromatic N) is 3. The number of imide groups is 1. The maximum absolute atomic E-state index is 12.7. The highest BCUT2D eigenvalue weighted by Crippen LogP contribution is 2.39. The topological polar surface area (TPSA) is 168 Å². The van der Waals surface area contributed by atoms with Crippen LogP contribution in [0.25, 0.3) is 6.08 Å². The fourth-order valence-corrected chi connectivity index (χ4v) is 3.93. The third-order valence-electron chi connectivity index (χ3n) is 5.12. The molecule has 1 aliphatic rings. The summed E-state index contributed by atoms with van der Waals surface area (Å²) >= 11 is 0.661. The van der Waals surface area contributed by atoms with Crippen LogP contribution in [0, 0.1) is 20.2 Å². The van der Waals surface area contributed by atoms with Gasteiger partial charge in [0.15, 0.2) is 11.5 Å². The molecular weight excluding hydrogens is 510 g/mol. The molecule has 37 heavy (non-hydrogen) atoms. The average Bonchev–Trinajstić information content (AvgIpc) is 3.11. The van der Waals surface area contributed by atoms with Gasteiger partial charge in [-0.15, -0.1) is 0 Å². The van der Waals surface area contributed by atoms with Crippen LogP contribution in [0.15, 0.2) is 41.3 Å². The van der Waals surface area contributed by atoms with Crippen LogP contribution >= 0.6 is 11.8 Å². The van der Waals surface area contributed by atoms with Crippen LogP contribution in [0.1, 0.15) is 25.8 Å². The van der Waals surface area contributed by atoms with Crippen molar-refractivity contribution in [2.45, 2.75) is 26.4 Å². The highest BCUT2D eigenvalue weighted by molar-refractivity contribution is 8.18. The number of non-ortho nitro benzene ring substituents is 1. The van der Waals surface area contributed by atoms with Gasteiger partial charge in [-0.05, 0) is 54.9 Å². The number of nitro groups is 2. The van der Waals surface area contributed by atoms with Gasteiger partial charge in [-0.25, -0.2) is 0 Å². The molecule has 0 aromatic heterocycles. The first-order valence-corrected chi connectivity index (χ1v) is 11.6. The summed E-state index contributed by atoms with van der Waals surface area (Å²) < 4.78 is 16.0. The first-order chi connectivity index (χ1) is 17.5. The van der Waals surface area contributed by atoms with E-state index >= 15 is 0 Å². The third kappa shape index (κ3) is 6.41. The van der Waals surface area contributed by atoms with Crippen molar-refractivity contribution in [2.24, 2.45) is 0 Å². The molecule has 3 rings (SSSR count). The summed E-state index contributed by atoms with van der Waals surface area (Å²) in [6.45, 7) is 3.03. The summed E-state index contributed by atoms with van der Waals surface area (Å²) in [5.74, 6) is -1.39. The lowest BCUT2D eigenvalue weighted by Crippen LogP contribution is -2.35. The number of rotatable bonds is 10. The van der Waals surface area contributed by atoms with Crippen LogP contribution in [0.5, 0.6) is 17.2 Å². The number of benzene rings is 2. The molecule has 0 N–H and O–H groups in total. The van der Waals surface area contributed by atoms with Gasteiger partial charge in [0, 0.05) is 6.07 Å². The Morgan fingerprint density at radius 1 is 1.08 bits per heavy atom. The van der Waals surface area contributed by atoms with Crippen LogP contribution in [-0.4, -0.2) is 51.6 Å². The minimum absolute atomic E-state index is 0.0671. The Morgan fingerprint density at radius 2 is 1.78 bits per heavy atom. The normalized spacial score (nSPS) is 15.0. The van der Waals surface area contributed by atoms with Crippen LogP contribution in [0.4, 0.5) is 16.2 Å². The number of thioether (sulfide) groups is 1. The monoisotopic (exact) mass is 531 g/mol. The number of carbonyl (C=O) groups excluding carboxylic acids is 3. The van der Waals surface area contributed by atoms with Crippen molar-refractivity contribution in [3.8, 4) is 17.2 Å². The zero-order valence-corrected chi connectivity index (χ0v) is 20.7. The van der Waals surface area contributed by atoms with E-state index < -0.39 is 44.9 Å². The zero-order chi connectivity index (χ0) is 27.3. The number of amides is 2. The Morgan fingerprint density at radius 3 is 2.41 bits per heavy atom. The molecule has 13 nitrogen and oxygen atoms in total. The highest BCUT2D eigenvalue weighted by atomic mass is 32.2. The quantitative estimate of drug-likeness (QED) is 0.180. The summed E-state index contributed by atoms with van der Waals surface area (Å²) in [6, 6.07) is 7.36. The van der Waals surface area contributed by atoms with Gasteiger partial charge in [-0.1, -0.05) is 13.0 Å². The number of ether oxygens (including phenoxy) is 3. The highest BCUT2D eigenvalue weighted by Gasteiger charge is 2.37. The lowest BCUT2D eigenvalue weighted by molar-refractivity contribution is -0.394. The van der Waals surface area contributed by atoms with Crippen molar-refractivity contribution >= 4 is 46.3 Å². The second kappa shape index (κ2) is 11.5. The SMILES string of the molecule is CC[C@H](C)OC(=O)CN1C(=O)S/C(=C/c2ccc(Oc3ccc([N+](=O)[O-])cc3[N+](=O)[O-])c(OC)c2)C1=O. The molecule has 0 bridgehead atoms. The summed E-state index contributed by atoms with van der Waals surface area (Å²) in [5.41, 5.74) is -0.639. The van der Waals surface area contributed by atoms with Gasteiger partial charge in [0.25, 0.3) is 16.8 Å².